The molecule has 0 radical (unpaired) electrons. The van der Waals surface area contributed by atoms with Crippen molar-refractivity contribution >= 4 is 5.91 Å². The number of carbonyl (C=O) groups is 1. The van der Waals surface area contributed by atoms with E-state index in [1.54, 1.807) is 12.1 Å². The van der Waals surface area contributed by atoms with Gasteiger partial charge in [-0.25, -0.2) is 4.39 Å². The number of amides is 1. The van der Waals surface area contributed by atoms with Crippen LogP contribution < -0.4 is 5.73 Å². The second-order valence-electron chi connectivity index (χ2n) is 6.71. The molecule has 2 fully saturated rings. The van der Waals surface area contributed by atoms with Gasteiger partial charge < -0.3 is 10.6 Å². The number of hydrogen-bond donors (Lipinski definition) is 1. The molecule has 2 atom stereocenters. The van der Waals surface area contributed by atoms with Crippen LogP contribution in [0.4, 0.5) is 4.39 Å². The molecule has 0 heterocycles. The largest absolute Gasteiger partial charge is 0.335 e. The van der Waals surface area contributed by atoms with Gasteiger partial charge in [-0.05, 0) is 50.3 Å². The summed E-state index contributed by atoms with van der Waals surface area (Å²) in [6, 6.07) is 6.72. The van der Waals surface area contributed by atoms with Crippen LogP contribution >= 0.6 is 0 Å². The van der Waals surface area contributed by atoms with Crippen molar-refractivity contribution in [3.63, 3.8) is 0 Å². The van der Waals surface area contributed by atoms with E-state index in [4.69, 9.17) is 5.73 Å². The lowest BCUT2D eigenvalue weighted by molar-refractivity contribution is -0.143. The maximum absolute atomic E-state index is 13.0. The molecule has 4 heteroatoms. The fraction of sp³-hybridized carbons (Fsp3) is 0.588. The monoisotopic (exact) mass is 290 g/mol. The van der Waals surface area contributed by atoms with Crippen molar-refractivity contribution in [2.75, 3.05) is 0 Å². The number of halogens is 1. The van der Waals surface area contributed by atoms with Gasteiger partial charge in [0.25, 0.3) is 0 Å². The van der Waals surface area contributed by atoms with Crippen LogP contribution in [0.15, 0.2) is 24.3 Å². The van der Waals surface area contributed by atoms with Gasteiger partial charge in [-0.2, -0.15) is 0 Å². The number of carbonyl (C=O) groups excluding carboxylic acids is 1. The average molecular weight is 290 g/mol. The Morgan fingerprint density at radius 1 is 1.33 bits per heavy atom. The highest BCUT2D eigenvalue weighted by Crippen LogP contribution is 2.41. The van der Waals surface area contributed by atoms with Gasteiger partial charge in [-0.15, -0.1) is 0 Å². The van der Waals surface area contributed by atoms with E-state index in [0.717, 1.165) is 37.7 Å². The Kier molecular flexibility index (Phi) is 3.74. The fourth-order valence-electron chi connectivity index (χ4n) is 3.33. The summed E-state index contributed by atoms with van der Waals surface area (Å²) in [5.41, 5.74) is 6.74. The van der Waals surface area contributed by atoms with E-state index >= 15 is 0 Å². The molecule has 2 unspecified atom stereocenters. The van der Waals surface area contributed by atoms with E-state index in [1.807, 2.05) is 11.8 Å². The van der Waals surface area contributed by atoms with E-state index in [2.05, 4.69) is 0 Å². The van der Waals surface area contributed by atoms with Gasteiger partial charge in [0.2, 0.25) is 5.91 Å². The highest BCUT2D eigenvalue weighted by atomic mass is 19.1. The number of hydrogen-bond acceptors (Lipinski definition) is 2. The zero-order chi connectivity index (χ0) is 15.0. The van der Waals surface area contributed by atoms with Gasteiger partial charge in [0.15, 0.2) is 0 Å². The normalized spacial score (nSPS) is 28.6. The second kappa shape index (κ2) is 5.41. The molecule has 0 aromatic heterocycles. The Hall–Kier alpha value is -1.42. The van der Waals surface area contributed by atoms with Crippen LogP contribution in [0.25, 0.3) is 0 Å². The molecule has 114 valence electrons. The second-order valence-corrected chi connectivity index (χ2v) is 6.71. The van der Waals surface area contributed by atoms with E-state index in [9.17, 15) is 9.18 Å². The molecule has 2 aliphatic carbocycles. The predicted octanol–water partition coefficient (Wildman–Crippen LogP) is 2.83. The molecule has 2 saturated carbocycles. The third-order valence-electron chi connectivity index (χ3n) is 5.03. The van der Waals surface area contributed by atoms with Gasteiger partial charge in [0.1, 0.15) is 5.82 Å². The third kappa shape index (κ3) is 2.82. The van der Waals surface area contributed by atoms with E-state index in [0.29, 0.717) is 12.6 Å². The number of nitrogens with two attached hydrogens (primary N) is 1. The van der Waals surface area contributed by atoms with Crippen molar-refractivity contribution < 1.29 is 9.18 Å². The molecule has 3 nitrogen and oxygen atoms in total. The Morgan fingerprint density at radius 3 is 2.52 bits per heavy atom. The molecule has 21 heavy (non-hydrogen) atoms. The van der Waals surface area contributed by atoms with E-state index in [1.165, 1.54) is 12.1 Å². The molecular weight excluding hydrogens is 267 g/mol. The van der Waals surface area contributed by atoms with Crippen LogP contribution in [-0.2, 0) is 11.3 Å². The average Bonchev–Trinajstić information content (AvgIpc) is 3.25. The molecule has 3 rings (SSSR count). The van der Waals surface area contributed by atoms with Gasteiger partial charge in [-0.3, -0.25) is 4.79 Å². The number of rotatable bonds is 4. The first kappa shape index (κ1) is 14.5. The summed E-state index contributed by atoms with van der Waals surface area (Å²) in [5, 5.41) is 0. The maximum Gasteiger partial charge on any atom is 0.230 e. The van der Waals surface area contributed by atoms with Gasteiger partial charge in [0.05, 0.1) is 5.41 Å². The molecule has 0 bridgehead atoms. The SMILES string of the molecule is CC1(C(=O)N(Cc2ccc(F)cc2)C2CC2)CCCC1N. The zero-order valence-electron chi connectivity index (χ0n) is 12.5. The van der Waals surface area contributed by atoms with Crippen LogP contribution in [0, 0.1) is 11.2 Å². The van der Waals surface area contributed by atoms with Crippen molar-refractivity contribution in [2.24, 2.45) is 11.1 Å². The third-order valence-corrected chi connectivity index (χ3v) is 5.03. The summed E-state index contributed by atoms with van der Waals surface area (Å²) in [6.07, 6.45) is 4.96. The summed E-state index contributed by atoms with van der Waals surface area (Å²) >= 11 is 0. The minimum atomic E-state index is -0.428. The van der Waals surface area contributed by atoms with Crippen molar-refractivity contribution in [3.05, 3.63) is 35.6 Å². The molecular formula is C17H23FN2O. The summed E-state index contributed by atoms with van der Waals surface area (Å²) in [4.78, 5) is 15.0. The van der Waals surface area contributed by atoms with Gasteiger partial charge in [0, 0.05) is 18.6 Å². The van der Waals surface area contributed by atoms with Crippen molar-refractivity contribution in [3.8, 4) is 0 Å². The van der Waals surface area contributed by atoms with E-state index in [-0.39, 0.29) is 17.8 Å². The summed E-state index contributed by atoms with van der Waals surface area (Å²) < 4.78 is 13.0. The van der Waals surface area contributed by atoms with Crippen LogP contribution in [0.1, 0.15) is 44.6 Å². The molecule has 0 saturated heterocycles. The first-order valence-corrected chi connectivity index (χ1v) is 7.82. The summed E-state index contributed by atoms with van der Waals surface area (Å²) in [6.45, 7) is 2.57. The summed E-state index contributed by atoms with van der Waals surface area (Å²) in [5.74, 6) is -0.0628. The lowest BCUT2D eigenvalue weighted by Gasteiger charge is -2.35. The van der Waals surface area contributed by atoms with Crippen molar-refractivity contribution in [2.45, 2.75) is 57.7 Å². The topological polar surface area (TPSA) is 46.3 Å². The smallest absolute Gasteiger partial charge is 0.230 e. The standard InChI is InChI=1S/C17H23FN2O/c1-17(10-2-3-15(17)19)16(21)20(14-8-9-14)11-12-4-6-13(18)7-5-12/h4-7,14-15H,2-3,8-11,19H2,1H3. The lowest BCUT2D eigenvalue weighted by atomic mass is 9.83. The molecule has 1 aromatic carbocycles. The quantitative estimate of drug-likeness (QED) is 0.927. The number of benzene rings is 1. The van der Waals surface area contributed by atoms with Gasteiger partial charge >= 0.3 is 0 Å². The molecule has 1 aromatic rings. The molecule has 2 aliphatic rings. The van der Waals surface area contributed by atoms with Crippen molar-refractivity contribution in [1.82, 2.24) is 4.90 Å². The minimum absolute atomic E-state index is 0.0422. The lowest BCUT2D eigenvalue weighted by Crippen LogP contribution is -2.49. The maximum atomic E-state index is 13.0. The minimum Gasteiger partial charge on any atom is -0.335 e. The van der Waals surface area contributed by atoms with Crippen molar-refractivity contribution in [1.29, 1.82) is 0 Å². The fourth-order valence-corrected chi connectivity index (χ4v) is 3.33. The molecule has 0 spiro atoms. The van der Waals surface area contributed by atoms with Crippen LogP contribution in [-0.4, -0.2) is 22.9 Å². The molecule has 2 N–H and O–H groups in total. The van der Waals surface area contributed by atoms with Crippen LogP contribution in [0.5, 0.6) is 0 Å². The zero-order valence-corrected chi connectivity index (χ0v) is 12.5. The van der Waals surface area contributed by atoms with Crippen LogP contribution in [0.3, 0.4) is 0 Å². The predicted molar refractivity (Wildman–Crippen MR) is 79.9 cm³/mol. The highest BCUT2D eigenvalue weighted by Gasteiger charge is 2.47. The molecule has 0 aliphatic heterocycles. The Morgan fingerprint density at radius 2 is 2.00 bits per heavy atom. The first-order valence-electron chi connectivity index (χ1n) is 7.82. The van der Waals surface area contributed by atoms with Gasteiger partial charge in [-0.1, -0.05) is 18.6 Å². The Balaban J connectivity index is 1.78. The van der Waals surface area contributed by atoms with Crippen LogP contribution in [0.2, 0.25) is 0 Å². The first-order chi connectivity index (χ1) is 10.0. The Bertz CT molecular complexity index is 526. The summed E-state index contributed by atoms with van der Waals surface area (Å²) in [7, 11) is 0. The molecule has 1 amide bonds. The highest BCUT2D eigenvalue weighted by molar-refractivity contribution is 5.84. The number of nitrogens with zero attached hydrogens (tertiary/aromatic N) is 1. The Labute approximate surface area is 125 Å². The van der Waals surface area contributed by atoms with E-state index < -0.39 is 5.41 Å².